The summed E-state index contributed by atoms with van der Waals surface area (Å²) in [6.45, 7) is -0.153. The van der Waals surface area contributed by atoms with E-state index in [2.05, 4.69) is 25.9 Å². The number of carbonyl (C=O) groups is 1. The van der Waals surface area contributed by atoms with Gasteiger partial charge in [0.2, 0.25) is 0 Å². The molecule has 2 aromatic rings. The number of imidazole rings is 1. The zero-order valence-electron chi connectivity index (χ0n) is 8.24. The van der Waals surface area contributed by atoms with Gasteiger partial charge in [-0.05, 0) is 18.2 Å². The van der Waals surface area contributed by atoms with Gasteiger partial charge in [-0.1, -0.05) is 15.9 Å². The van der Waals surface area contributed by atoms with Crippen LogP contribution >= 0.6 is 15.9 Å². The van der Waals surface area contributed by atoms with E-state index >= 15 is 0 Å². The summed E-state index contributed by atoms with van der Waals surface area (Å²) in [4.78, 5) is 17.6. The van der Waals surface area contributed by atoms with Crippen LogP contribution in [-0.4, -0.2) is 27.7 Å². The zero-order valence-corrected chi connectivity index (χ0v) is 9.82. The first kappa shape index (κ1) is 11.1. The molecule has 5 nitrogen and oxygen atoms in total. The summed E-state index contributed by atoms with van der Waals surface area (Å²) in [7, 11) is 0. The number of aliphatic carboxylic acids is 1. The van der Waals surface area contributed by atoms with Crippen LogP contribution in [0.15, 0.2) is 22.7 Å². The number of H-pyrrole nitrogens is 1. The maximum absolute atomic E-state index is 10.2. The van der Waals surface area contributed by atoms with Gasteiger partial charge in [-0.2, -0.15) is 0 Å². The van der Waals surface area contributed by atoms with Crippen molar-refractivity contribution in [3.63, 3.8) is 0 Å². The Morgan fingerprint density at radius 3 is 3.12 bits per heavy atom. The fourth-order valence-electron chi connectivity index (χ4n) is 1.34. The molecule has 6 heteroatoms. The van der Waals surface area contributed by atoms with Gasteiger partial charge < -0.3 is 14.8 Å². The second-order valence-corrected chi connectivity index (χ2v) is 4.15. The molecule has 0 saturated heterocycles. The van der Waals surface area contributed by atoms with E-state index in [-0.39, 0.29) is 13.2 Å². The third-order valence-corrected chi connectivity index (χ3v) is 2.45. The van der Waals surface area contributed by atoms with E-state index in [1.54, 1.807) is 0 Å². The van der Waals surface area contributed by atoms with Crippen molar-refractivity contribution in [3.8, 4) is 0 Å². The minimum Gasteiger partial charge on any atom is -0.480 e. The summed E-state index contributed by atoms with van der Waals surface area (Å²) in [5.74, 6) is -0.367. The maximum atomic E-state index is 10.2. The molecule has 0 aliphatic carbocycles. The lowest BCUT2D eigenvalue weighted by molar-refractivity contribution is -0.142. The largest absolute Gasteiger partial charge is 0.480 e. The highest BCUT2D eigenvalue weighted by molar-refractivity contribution is 9.10. The molecule has 0 aliphatic heterocycles. The standard InChI is InChI=1S/C10H9BrN2O3/c11-6-1-2-7-8(3-6)13-9(12-7)4-16-5-10(14)15/h1-3H,4-5H2,(H,12,13)(H,14,15). The Labute approximate surface area is 99.6 Å². The predicted octanol–water partition coefficient (Wildman–Crippen LogP) is 1.93. The predicted molar refractivity (Wildman–Crippen MR) is 61.1 cm³/mol. The van der Waals surface area contributed by atoms with Crippen LogP contribution in [0.3, 0.4) is 0 Å². The quantitative estimate of drug-likeness (QED) is 0.900. The summed E-state index contributed by atoms with van der Waals surface area (Å²) in [5.41, 5.74) is 1.72. The number of hydrogen-bond donors (Lipinski definition) is 2. The first-order valence-corrected chi connectivity index (χ1v) is 5.38. The van der Waals surface area contributed by atoms with E-state index in [1.165, 1.54) is 0 Å². The molecule has 2 rings (SSSR count). The highest BCUT2D eigenvalue weighted by atomic mass is 79.9. The number of aromatic nitrogens is 2. The number of carboxylic acids is 1. The van der Waals surface area contributed by atoms with Crippen molar-refractivity contribution in [2.45, 2.75) is 6.61 Å². The second kappa shape index (κ2) is 4.63. The minimum atomic E-state index is -0.987. The topological polar surface area (TPSA) is 75.2 Å². The van der Waals surface area contributed by atoms with Crippen molar-refractivity contribution in [3.05, 3.63) is 28.5 Å². The number of nitrogens with one attached hydrogen (secondary N) is 1. The Morgan fingerprint density at radius 1 is 1.56 bits per heavy atom. The number of carboxylic acid groups (broad SMARTS) is 1. The summed E-state index contributed by atoms with van der Waals surface area (Å²) >= 11 is 3.36. The molecular weight excluding hydrogens is 276 g/mol. The lowest BCUT2D eigenvalue weighted by atomic mass is 10.3. The smallest absolute Gasteiger partial charge is 0.329 e. The summed E-state index contributed by atoms with van der Waals surface area (Å²) in [6.07, 6.45) is 0. The van der Waals surface area contributed by atoms with Gasteiger partial charge in [0.15, 0.2) is 0 Å². The first-order chi connectivity index (χ1) is 7.65. The van der Waals surface area contributed by atoms with E-state index in [4.69, 9.17) is 9.84 Å². The van der Waals surface area contributed by atoms with Crippen molar-refractivity contribution < 1.29 is 14.6 Å². The maximum Gasteiger partial charge on any atom is 0.329 e. The second-order valence-electron chi connectivity index (χ2n) is 3.23. The van der Waals surface area contributed by atoms with Crippen molar-refractivity contribution in [1.82, 2.24) is 9.97 Å². The number of nitrogens with zero attached hydrogens (tertiary/aromatic N) is 1. The highest BCUT2D eigenvalue weighted by Gasteiger charge is 2.04. The molecule has 0 amide bonds. The summed E-state index contributed by atoms with van der Waals surface area (Å²) < 4.78 is 5.90. The Morgan fingerprint density at radius 2 is 2.38 bits per heavy atom. The van der Waals surface area contributed by atoms with Gasteiger partial charge in [0, 0.05) is 4.47 Å². The van der Waals surface area contributed by atoms with Crippen LogP contribution in [0.4, 0.5) is 0 Å². The van der Waals surface area contributed by atoms with Crippen LogP contribution in [0.25, 0.3) is 11.0 Å². The Kier molecular flexibility index (Phi) is 3.21. The van der Waals surface area contributed by atoms with Gasteiger partial charge in [-0.15, -0.1) is 0 Å². The van der Waals surface area contributed by atoms with Crippen molar-refractivity contribution in [2.24, 2.45) is 0 Å². The molecule has 0 bridgehead atoms. The molecule has 1 aromatic heterocycles. The molecule has 16 heavy (non-hydrogen) atoms. The van der Waals surface area contributed by atoms with Gasteiger partial charge in [-0.3, -0.25) is 0 Å². The molecule has 0 spiro atoms. The molecule has 0 aliphatic rings. The highest BCUT2D eigenvalue weighted by Crippen LogP contribution is 2.17. The Balaban J connectivity index is 2.10. The number of halogens is 1. The van der Waals surface area contributed by atoms with Crippen molar-refractivity contribution in [2.75, 3.05) is 6.61 Å². The molecule has 0 radical (unpaired) electrons. The zero-order chi connectivity index (χ0) is 11.5. The fourth-order valence-corrected chi connectivity index (χ4v) is 1.70. The monoisotopic (exact) mass is 284 g/mol. The van der Waals surface area contributed by atoms with E-state index < -0.39 is 5.97 Å². The number of rotatable bonds is 4. The molecular formula is C10H9BrN2O3. The van der Waals surface area contributed by atoms with Gasteiger partial charge >= 0.3 is 5.97 Å². The Hall–Kier alpha value is -1.40. The number of benzene rings is 1. The average Bonchev–Trinajstić information content (AvgIpc) is 2.58. The molecule has 2 N–H and O–H groups in total. The van der Waals surface area contributed by atoms with Crippen LogP contribution in [0.1, 0.15) is 5.82 Å². The van der Waals surface area contributed by atoms with Gasteiger partial charge in [0.1, 0.15) is 19.0 Å². The van der Waals surface area contributed by atoms with Crippen molar-refractivity contribution in [1.29, 1.82) is 0 Å². The molecule has 0 unspecified atom stereocenters. The number of aromatic amines is 1. The third kappa shape index (κ3) is 2.59. The lowest BCUT2D eigenvalue weighted by Crippen LogP contribution is -2.07. The van der Waals surface area contributed by atoms with Crippen LogP contribution in [0, 0.1) is 0 Å². The molecule has 1 aromatic carbocycles. The molecule has 0 fully saturated rings. The van der Waals surface area contributed by atoms with Gasteiger partial charge in [0.25, 0.3) is 0 Å². The third-order valence-electron chi connectivity index (χ3n) is 1.96. The summed E-state index contributed by atoms with van der Waals surface area (Å²) in [6, 6.07) is 5.67. The molecule has 0 saturated carbocycles. The van der Waals surface area contributed by atoms with E-state index in [0.717, 1.165) is 15.5 Å². The molecule has 0 atom stereocenters. The van der Waals surface area contributed by atoms with E-state index in [9.17, 15) is 4.79 Å². The van der Waals surface area contributed by atoms with Crippen LogP contribution in [-0.2, 0) is 16.1 Å². The van der Waals surface area contributed by atoms with Gasteiger partial charge in [-0.25, -0.2) is 9.78 Å². The number of ether oxygens (including phenoxy) is 1. The van der Waals surface area contributed by atoms with Crippen LogP contribution in [0.5, 0.6) is 0 Å². The van der Waals surface area contributed by atoms with E-state index in [1.807, 2.05) is 18.2 Å². The number of fused-ring (bicyclic) bond motifs is 1. The number of hydrogen-bond acceptors (Lipinski definition) is 3. The van der Waals surface area contributed by atoms with Gasteiger partial charge in [0.05, 0.1) is 11.0 Å². The summed E-state index contributed by atoms with van der Waals surface area (Å²) in [5, 5.41) is 8.41. The fraction of sp³-hybridized carbons (Fsp3) is 0.200. The SMILES string of the molecule is O=C(O)COCc1nc2ccc(Br)cc2[nH]1. The lowest BCUT2D eigenvalue weighted by Gasteiger charge is -1.96. The first-order valence-electron chi connectivity index (χ1n) is 4.59. The van der Waals surface area contributed by atoms with Crippen LogP contribution < -0.4 is 0 Å². The molecule has 1 heterocycles. The minimum absolute atomic E-state index is 0.165. The van der Waals surface area contributed by atoms with Crippen molar-refractivity contribution >= 4 is 32.9 Å². The van der Waals surface area contributed by atoms with Crippen LogP contribution in [0.2, 0.25) is 0 Å². The Bertz CT molecular complexity index is 524. The van der Waals surface area contributed by atoms with E-state index in [0.29, 0.717) is 5.82 Å². The molecule has 84 valence electrons. The normalized spacial score (nSPS) is 10.8. The average molecular weight is 285 g/mol.